The molecule has 0 fully saturated rings. The fourth-order valence-electron chi connectivity index (χ4n) is 2.16. The first-order chi connectivity index (χ1) is 9.90. The zero-order valence-corrected chi connectivity index (χ0v) is 13.4. The molecule has 0 saturated carbocycles. The molecule has 2 aromatic carbocycles. The van der Waals surface area contributed by atoms with Crippen LogP contribution in [0.5, 0.6) is 0 Å². The van der Waals surface area contributed by atoms with Crippen molar-refractivity contribution in [2.24, 2.45) is 5.73 Å². The maximum absolute atomic E-state index is 7.44. The standard InChI is InChI=1S/C16H17Cl2N3/c1-10(11-4-3-5-13(17)8-11)21(2)15-7-6-12(16(19)20)9-14(15)18/h3-10H,1-2H3,(H3,19,20). The monoisotopic (exact) mass is 321 g/mol. The molecule has 0 bridgehead atoms. The highest BCUT2D eigenvalue weighted by Crippen LogP contribution is 2.32. The lowest BCUT2D eigenvalue weighted by Gasteiger charge is -2.28. The number of halogens is 2. The Hall–Kier alpha value is -1.71. The van der Waals surface area contributed by atoms with E-state index in [0.717, 1.165) is 11.3 Å². The van der Waals surface area contributed by atoms with Gasteiger partial charge < -0.3 is 10.6 Å². The Morgan fingerprint density at radius 3 is 2.48 bits per heavy atom. The Bertz CT molecular complexity index is 670. The van der Waals surface area contributed by atoms with Crippen LogP contribution >= 0.6 is 23.2 Å². The van der Waals surface area contributed by atoms with E-state index in [1.165, 1.54) is 0 Å². The van der Waals surface area contributed by atoms with Crippen molar-refractivity contribution in [2.75, 3.05) is 11.9 Å². The fourth-order valence-corrected chi connectivity index (χ4v) is 2.67. The zero-order valence-electron chi connectivity index (χ0n) is 11.9. The Kier molecular flexibility index (Phi) is 4.76. The number of amidine groups is 1. The van der Waals surface area contributed by atoms with E-state index in [1.807, 2.05) is 37.4 Å². The van der Waals surface area contributed by atoms with Gasteiger partial charge in [0, 0.05) is 17.6 Å². The number of anilines is 1. The zero-order chi connectivity index (χ0) is 15.6. The summed E-state index contributed by atoms with van der Waals surface area (Å²) in [6.45, 7) is 2.08. The first-order valence-electron chi connectivity index (χ1n) is 6.52. The quantitative estimate of drug-likeness (QED) is 0.644. The van der Waals surface area contributed by atoms with Gasteiger partial charge in [-0.1, -0.05) is 35.3 Å². The van der Waals surface area contributed by atoms with Crippen LogP contribution in [0.2, 0.25) is 10.0 Å². The molecule has 0 saturated heterocycles. The second-order valence-electron chi connectivity index (χ2n) is 4.92. The Labute approximate surface area is 134 Å². The van der Waals surface area contributed by atoms with Crippen molar-refractivity contribution in [1.82, 2.24) is 0 Å². The summed E-state index contributed by atoms with van der Waals surface area (Å²) >= 11 is 12.4. The summed E-state index contributed by atoms with van der Waals surface area (Å²) in [5.74, 6) is 0.00833. The van der Waals surface area contributed by atoms with Gasteiger partial charge in [-0.15, -0.1) is 0 Å². The lowest BCUT2D eigenvalue weighted by Crippen LogP contribution is -2.22. The Balaban J connectivity index is 2.31. The van der Waals surface area contributed by atoms with Gasteiger partial charge in [0.25, 0.3) is 0 Å². The number of benzene rings is 2. The van der Waals surface area contributed by atoms with Crippen LogP contribution in [-0.4, -0.2) is 12.9 Å². The maximum atomic E-state index is 7.44. The summed E-state index contributed by atoms with van der Waals surface area (Å²) in [5.41, 5.74) is 8.08. The minimum atomic E-state index is 0.00833. The van der Waals surface area contributed by atoms with E-state index < -0.39 is 0 Å². The molecule has 0 aliphatic rings. The number of hydrogen-bond acceptors (Lipinski definition) is 2. The summed E-state index contributed by atoms with van der Waals surface area (Å²) in [6.07, 6.45) is 0. The summed E-state index contributed by atoms with van der Waals surface area (Å²) in [5, 5.41) is 8.73. The molecule has 0 aliphatic carbocycles. The normalized spacial score (nSPS) is 12.0. The molecule has 0 aliphatic heterocycles. The molecule has 5 heteroatoms. The molecule has 0 heterocycles. The topological polar surface area (TPSA) is 53.1 Å². The van der Waals surface area contributed by atoms with Crippen molar-refractivity contribution in [3.8, 4) is 0 Å². The number of nitrogen functional groups attached to an aromatic ring is 1. The van der Waals surface area contributed by atoms with Crippen LogP contribution in [0.15, 0.2) is 42.5 Å². The summed E-state index contributed by atoms with van der Waals surface area (Å²) in [7, 11) is 1.97. The number of nitrogens with two attached hydrogens (primary N) is 1. The molecule has 0 spiro atoms. The summed E-state index contributed by atoms with van der Waals surface area (Å²) in [4.78, 5) is 2.07. The van der Waals surface area contributed by atoms with Crippen LogP contribution in [0.4, 0.5) is 5.69 Å². The third-order valence-corrected chi connectivity index (χ3v) is 4.09. The van der Waals surface area contributed by atoms with Gasteiger partial charge in [-0.3, -0.25) is 5.41 Å². The van der Waals surface area contributed by atoms with Gasteiger partial charge in [-0.25, -0.2) is 0 Å². The van der Waals surface area contributed by atoms with Crippen molar-refractivity contribution in [2.45, 2.75) is 13.0 Å². The maximum Gasteiger partial charge on any atom is 0.122 e. The van der Waals surface area contributed by atoms with Gasteiger partial charge in [-0.05, 0) is 42.8 Å². The van der Waals surface area contributed by atoms with Crippen molar-refractivity contribution in [3.05, 3.63) is 63.6 Å². The smallest absolute Gasteiger partial charge is 0.122 e. The van der Waals surface area contributed by atoms with E-state index in [2.05, 4.69) is 11.8 Å². The minimum absolute atomic E-state index is 0.00833. The van der Waals surface area contributed by atoms with E-state index in [9.17, 15) is 0 Å². The number of rotatable bonds is 4. The number of nitrogens with one attached hydrogen (secondary N) is 1. The molecule has 2 aromatic rings. The largest absolute Gasteiger partial charge is 0.384 e. The van der Waals surface area contributed by atoms with Gasteiger partial charge in [0.05, 0.1) is 16.8 Å². The van der Waals surface area contributed by atoms with Gasteiger partial charge in [0.2, 0.25) is 0 Å². The van der Waals surface area contributed by atoms with Crippen LogP contribution in [0.3, 0.4) is 0 Å². The van der Waals surface area contributed by atoms with E-state index in [1.54, 1.807) is 12.1 Å². The van der Waals surface area contributed by atoms with Crippen LogP contribution in [0, 0.1) is 5.41 Å². The summed E-state index contributed by atoms with van der Waals surface area (Å²) < 4.78 is 0. The molecular weight excluding hydrogens is 305 g/mol. The van der Waals surface area contributed by atoms with Crippen LogP contribution in [-0.2, 0) is 0 Å². The number of hydrogen-bond donors (Lipinski definition) is 2. The molecule has 110 valence electrons. The van der Waals surface area contributed by atoms with Crippen molar-refractivity contribution in [1.29, 1.82) is 5.41 Å². The van der Waals surface area contributed by atoms with E-state index in [0.29, 0.717) is 15.6 Å². The van der Waals surface area contributed by atoms with E-state index in [4.69, 9.17) is 34.3 Å². The average molecular weight is 322 g/mol. The van der Waals surface area contributed by atoms with Crippen LogP contribution in [0.25, 0.3) is 0 Å². The van der Waals surface area contributed by atoms with Gasteiger partial charge in [0.15, 0.2) is 0 Å². The predicted octanol–water partition coefficient (Wildman–Crippen LogP) is 4.47. The van der Waals surface area contributed by atoms with E-state index >= 15 is 0 Å². The second kappa shape index (κ2) is 6.37. The van der Waals surface area contributed by atoms with Gasteiger partial charge in [-0.2, -0.15) is 0 Å². The van der Waals surface area contributed by atoms with Gasteiger partial charge >= 0.3 is 0 Å². The second-order valence-corrected chi connectivity index (χ2v) is 5.77. The highest BCUT2D eigenvalue weighted by Gasteiger charge is 2.15. The lowest BCUT2D eigenvalue weighted by atomic mass is 10.1. The number of nitrogens with zero attached hydrogens (tertiary/aromatic N) is 1. The molecule has 1 unspecified atom stereocenters. The van der Waals surface area contributed by atoms with Crippen LogP contribution in [0.1, 0.15) is 24.1 Å². The minimum Gasteiger partial charge on any atom is -0.384 e. The SMILES string of the molecule is CC(c1cccc(Cl)c1)N(C)c1ccc(C(=N)N)cc1Cl. The fraction of sp³-hybridized carbons (Fsp3) is 0.188. The van der Waals surface area contributed by atoms with Gasteiger partial charge in [0.1, 0.15) is 5.84 Å². The third kappa shape index (κ3) is 3.49. The molecular formula is C16H17Cl2N3. The highest BCUT2D eigenvalue weighted by molar-refractivity contribution is 6.33. The Morgan fingerprint density at radius 1 is 1.19 bits per heavy atom. The first kappa shape index (κ1) is 15.7. The molecule has 0 aromatic heterocycles. The van der Waals surface area contributed by atoms with Crippen molar-refractivity contribution < 1.29 is 0 Å². The summed E-state index contributed by atoms with van der Waals surface area (Å²) in [6, 6.07) is 13.3. The highest BCUT2D eigenvalue weighted by atomic mass is 35.5. The Morgan fingerprint density at radius 2 is 1.90 bits per heavy atom. The van der Waals surface area contributed by atoms with Crippen molar-refractivity contribution >= 4 is 34.7 Å². The molecule has 21 heavy (non-hydrogen) atoms. The molecule has 2 rings (SSSR count). The lowest BCUT2D eigenvalue weighted by molar-refractivity contribution is 0.740. The molecule has 0 amide bonds. The average Bonchev–Trinajstić information content (AvgIpc) is 2.45. The first-order valence-corrected chi connectivity index (χ1v) is 7.28. The predicted molar refractivity (Wildman–Crippen MR) is 90.7 cm³/mol. The third-order valence-electron chi connectivity index (χ3n) is 3.55. The molecule has 0 radical (unpaired) electrons. The van der Waals surface area contributed by atoms with Crippen molar-refractivity contribution in [3.63, 3.8) is 0 Å². The van der Waals surface area contributed by atoms with Crippen LogP contribution < -0.4 is 10.6 Å². The molecule has 1 atom stereocenters. The van der Waals surface area contributed by atoms with E-state index in [-0.39, 0.29) is 11.9 Å². The molecule has 3 N–H and O–H groups in total. The molecule has 3 nitrogen and oxygen atoms in total.